The van der Waals surface area contributed by atoms with Crippen LogP contribution < -0.4 is 0 Å². The zero-order valence-electron chi connectivity index (χ0n) is 15.3. The molecule has 0 aliphatic carbocycles. The minimum atomic E-state index is -1.15. The van der Waals surface area contributed by atoms with Gasteiger partial charge < -0.3 is 19.3 Å². The largest absolute Gasteiger partial charge is 0.389 e. The normalized spacial score (nSPS) is 31.0. The minimum absolute atomic E-state index is 0.226. The fourth-order valence-electron chi connectivity index (χ4n) is 3.42. The maximum absolute atomic E-state index is 10.7. The molecule has 0 radical (unpaired) electrons. The third-order valence-electron chi connectivity index (χ3n) is 4.82. The number of halogens is 1. The molecule has 1 N–H and O–H groups in total. The Balaban J connectivity index is 1.55. The van der Waals surface area contributed by atoms with Gasteiger partial charge in [0.25, 0.3) is 0 Å². The van der Waals surface area contributed by atoms with Gasteiger partial charge in [-0.05, 0) is 23.7 Å². The number of aliphatic hydroxyl groups excluding tert-OH is 1. The first-order valence-electron chi connectivity index (χ1n) is 9.12. The summed E-state index contributed by atoms with van der Waals surface area (Å²) in [7, 11) is 0. The van der Waals surface area contributed by atoms with E-state index in [9.17, 15) is 5.11 Å². The maximum Gasteiger partial charge on any atom is 0.184 e. The van der Waals surface area contributed by atoms with E-state index < -0.39 is 36.7 Å². The van der Waals surface area contributed by atoms with Crippen molar-refractivity contribution in [2.75, 3.05) is 6.61 Å². The van der Waals surface area contributed by atoms with E-state index in [-0.39, 0.29) is 6.61 Å². The predicted molar refractivity (Wildman–Crippen MR) is 106 cm³/mol. The standard InChI is InChI=1S/C21H18ClN3O4/c22-15-8-4-5-13(11-15)9-10-16-19(26)18(24-25-23)20-17(28-16)12-27-21(29-20)14-6-2-1-3-7-14/h1-8,11,16-21,26H,12H2/t16-,17+,18?,19-,20-,21-/m0/s1. The molecular weight excluding hydrogens is 394 g/mol. The molecule has 6 atom stereocenters. The third kappa shape index (κ3) is 4.39. The summed E-state index contributed by atoms with van der Waals surface area (Å²) in [6, 6.07) is 15.6. The van der Waals surface area contributed by atoms with Crippen LogP contribution in [0.1, 0.15) is 17.4 Å². The number of hydrogen-bond acceptors (Lipinski definition) is 5. The number of azide groups is 1. The predicted octanol–water partition coefficient (Wildman–Crippen LogP) is 3.61. The Hall–Kier alpha value is -2.56. The van der Waals surface area contributed by atoms with Gasteiger partial charge in [-0.1, -0.05) is 65.0 Å². The number of hydrogen-bond donors (Lipinski definition) is 1. The summed E-state index contributed by atoms with van der Waals surface area (Å²) in [6.45, 7) is 0.226. The van der Waals surface area contributed by atoms with E-state index in [1.165, 1.54) is 0 Å². The van der Waals surface area contributed by atoms with Gasteiger partial charge in [0.1, 0.15) is 24.4 Å². The molecule has 7 nitrogen and oxygen atoms in total. The molecule has 8 heteroatoms. The molecule has 2 saturated heterocycles. The van der Waals surface area contributed by atoms with Gasteiger partial charge >= 0.3 is 0 Å². The fourth-order valence-corrected chi connectivity index (χ4v) is 3.62. The van der Waals surface area contributed by atoms with Gasteiger partial charge in [0, 0.05) is 21.1 Å². The second kappa shape index (κ2) is 8.85. The Kier molecular flexibility index (Phi) is 6.02. The number of benzene rings is 2. The lowest BCUT2D eigenvalue weighted by atomic mass is 9.92. The highest BCUT2D eigenvalue weighted by Gasteiger charge is 2.48. The summed E-state index contributed by atoms with van der Waals surface area (Å²) < 4.78 is 17.7. The van der Waals surface area contributed by atoms with Crippen LogP contribution in [-0.2, 0) is 14.2 Å². The molecule has 2 aliphatic heterocycles. The maximum atomic E-state index is 10.7. The van der Waals surface area contributed by atoms with Gasteiger partial charge in [0.15, 0.2) is 6.29 Å². The van der Waals surface area contributed by atoms with Crippen molar-refractivity contribution < 1.29 is 19.3 Å². The molecule has 148 valence electrons. The van der Waals surface area contributed by atoms with Crippen LogP contribution in [0.4, 0.5) is 0 Å². The monoisotopic (exact) mass is 411 g/mol. The molecule has 2 aliphatic rings. The molecule has 0 aromatic heterocycles. The summed E-state index contributed by atoms with van der Waals surface area (Å²) in [6.07, 6.45) is -3.80. The topological polar surface area (TPSA) is 96.7 Å². The van der Waals surface area contributed by atoms with Crippen molar-refractivity contribution in [3.63, 3.8) is 0 Å². The second-order valence-electron chi connectivity index (χ2n) is 6.74. The molecule has 0 amide bonds. The minimum Gasteiger partial charge on any atom is -0.389 e. The van der Waals surface area contributed by atoms with Crippen LogP contribution in [0.2, 0.25) is 5.02 Å². The van der Waals surface area contributed by atoms with E-state index in [4.69, 9.17) is 31.3 Å². The highest BCUT2D eigenvalue weighted by Crippen LogP contribution is 2.35. The lowest BCUT2D eigenvalue weighted by molar-refractivity contribution is -0.300. The smallest absolute Gasteiger partial charge is 0.184 e. The van der Waals surface area contributed by atoms with Crippen LogP contribution in [0.25, 0.3) is 10.4 Å². The molecule has 1 unspecified atom stereocenters. The Morgan fingerprint density at radius 1 is 1.14 bits per heavy atom. The average Bonchev–Trinajstić information content (AvgIpc) is 2.75. The number of nitrogens with zero attached hydrogens (tertiary/aromatic N) is 3. The summed E-state index contributed by atoms with van der Waals surface area (Å²) in [5.74, 6) is 5.85. The van der Waals surface area contributed by atoms with Crippen molar-refractivity contribution in [2.24, 2.45) is 5.11 Å². The van der Waals surface area contributed by atoms with E-state index in [1.807, 2.05) is 30.3 Å². The number of rotatable bonds is 2. The van der Waals surface area contributed by atoms with Crippen molar-refractivity contribution in [2.45, 2.75) is 36.7 Å². The van der Waals surface area contributed by atoms with Crippen molar-refractivity contribution >= 4 is 11.6 Å². The van der Waals surface area contributed by atoms with Crippen LogP contribution >= 0.6 is 11.6 Å². The Morgan fingerprint density at radius 3 is 2.72 bits per heavy atom. The third-order valence-corrected chi connectivity index (χ3v) is 5.05. The van der Waals surface area contributed by atoms with Gasteiger partial charge in [-0.3, -0.25) is 0 Å². The van der Waals surface area contributed by atoms with Gasteiger partial charge in [-0.2, -0.15) is 0 Å². The van der Waals surface area contributed by atoms with Crippen molar-refractivity contribution in [3.8, 4) is 11.8 Å². The number of aliphatic hydroxyl groups is 1. The number of fused-ring (bicyclic) bond motifs is 1. The molecule has 2 heterocycles. The zero-order chi connectivity index (χ0) is 20.2. The van der Waals surface area contributed by atoms with Gasteiger partial charge in [-0.25, -0.2) is 0 Å². The lowest BCUT2D eigenvalue weighted by Gasteiger charge is -2.45. The molecule has 29 heavy (non-hydrogen) atoms. The van der Waals surface area contributed by atoms with Crippen LogP contribution in [0.15, 0.2) is 59.7 Å². The quantitative estimate of drug-likeness (QED) is 0.353. The first kappa shape index (κ1) is 19.7. The van der Waals surface area contributed by atoms with E-state index in [0.29, 0.717) is 10.6 Å². The zero-order valence-corrected chi connectivity index (χ0v) is 16.0. The van der Waals surface area contributed by atoms with E-state index in [2.05, 4.69) is 21.9 Å². The first-order valence-corrected chi connectivity index (χ1v) is 9.50. The summed E-state index contributed by atoms with van der Waals surface area (Å²) >= 11 is 5.98. The first-order chi connectivity index (χ1) is 14.2. The molecule has 0 saturated carbocycles. The average molecular weight is 412 g/mol. The van der Waals surface area contributed by atoms with E-state index in [1.54, 1.807) is 24.3 Å². The Labute approximate surface area is 172 Å². The SMILES string of the molecule is [N-]=[N+]=NC1[C@@H](O)[C@H](C#Cc2cccc(Cl)c2)O[C@@H]2CO[C@H](c3ccccc3)O[C@H]12. The van der Waals surface area contributed by atoms with Gasteiger partial charge in [0.2, 0.25) is 0 Å². The summed E-state index contributed by atoms with van der Waals surface area (Å²) in [5, 5.41) is 15.1. The summed E-state index contributed by atoms with van der Waals surface area (Å²) in [4.78, 5) is 2.89. The van der Waals surface area contributed by atoms with Crippen LogP contribution in [0, 0.1) is 11.8 Å². The van der Waals surface area contributed by atoms with Crippen molar-refractivity contribution in [1.82, 2.24) is 0 Å². The Morgan fingerprint density at radius 2 is 1.97 bits per heavy atom. The van der Waals surface area contributed by atoms with Crippen molar-refractivity contribution in [3.05, 3.63) is 81.2 Å². The highest BCUT2D eigenvalue weighted by atomic mass is 35.5. The fraction of sp³-hybridized carbons (Fsp3) is 0.333. The molecule has 2 fully saturated rings. The van der Waals surface area contributed by atoms with E-state index in [0.717, 1.165) is 5.56 Å². The molecule has 0 bridgehead atoms. The van der Waals surface area contributed by atoms with Crippen LogP contribution in [0.3, 0.4) is 0 Å². The molecule has 0 spiro atoms. The van der Waals surface area contributed by atoms with E-state index >= 15 is 0 Å². The number of ether oxygens (including phenoxy) is 3. The molecule has 2 aromatic carbocycles. The lowest BCUT2D eigenvalue weighted by Crippen LogP contribution is -2.60. The second-order valence-corrected chi connectivity index (χ2v) is 7.17. The van der Waals surface area contributed by atoms with Crippen LogP contribution in [0.5, 0.6) is 0 Å². The Bertz CT molecular complexity index is 971. The highest BCUT2D eigenvalue weighted by molar-refractivity contribution is 6.30. The van der Waals surface area contributed by atoms with Crippen molar-refractivity contribution in [1.29, 1.82) is 0 Å². The van der Waals surface area contributed by atoms with Gasteiger partial charge in [-0.15, -0.1) is 0 Å². The van der Waals surface area contributed by atoms with Gasteiger partial charge in [0.05, 0.1) is 12.6 Å². The molecular formula is C21H18ClN3O4. The van der Waals surface area contributed by atoms with Crippen LogP contribution in [-0.4, -0.2) is 42.2 Å². The molecule has 2 aromatic rings. The molecule has 4 rings (SSSR count). The summed E-state index contributed by atoms with van der Waals surface area (Å²) in [5.41, 5.74) is 10.5.